The van der Waals surface area contributed by atoms with Crippen molar-refractivity contribution in [3.8, 4) is 0 Å². The van der Waals surface area contributed by atoms with E-state index in [2.05, 4.69) is 12.0 Å². The molecule has 0 bridgehead atoms. The Labute approximate surface area is 130 Å². The lowest BCUT2D eigenvalue weighted by Crippen LogP contribution is -2.29. The molecule has 1 saturated heterocycles. The molecule has 5 heteroatoms. The van der Waals surface area contributed by atoms with Gasteiger partial charge < -0.3 is 9.64 Å². The predicted octanol–water partition coefficient (Wildman–Crippen LogP) is 2.53. The maximum absolute atomic E-state index is 12.7. The number of hydrogen-bond acceptors (Lipinski definition) is 3. The third kappa shape index (κ3) is 2.99. The average molecular weight is 301 g/mol. The molecule has 0 N–H and O–H groups in total. The van der Waals surface area contributed by atoms with E-state index in [0.29, 0.717) is 11.5 Å². The molecule has 2 aromatic rings. The summed E-state index contributed by atoms with van der Waals surface area (Å²) >= 11 is 0. The molecule has 3 rings (SSSR count). The Balaban J connectivity index is 1.68. The van der Waals surface area contributed by atoms with Crippen LogP contribution in [0.25, 0.3) is 5.52 Å². The van der Waals surface area contributed by atoms with E-state index in [1.165, 1.54) is 0 Å². The zero-order valence-electron chi connectivity index (χ0n) is 13.3. The van der Waals surface area contributed by atoms with Crippen LogP contribution in [-0.4, -0.2) is 46.7 Å². The van der Waals surface area contributed by atoms with E-state index in [-0.39, 0.29) is 5.91 Å². The second kappa shape index (κ2) is 6.48. The fourth-order valence-corrected chi connectivity index (χ4v) is 2.97. The Bertz CT molecular complexity index is 665. The number of likely N-dealkylation sites (tertiary alicyclic amines) is 1. The normalized spacial score (nSPS) is 18.3. The molecule has 0 aromatic carbocycles. The molecule has 118 valence electrons. The Morgan fingerprint density at radius 1 is 1.45 bits per heavy atom. The molecular weight excluding hydrogens is 278 g/mol. The first-order valence-corrected chi connectivity index (χ1v) is 8.00. The summed E-state index contributed by atoms with van der Waals surface area (Å²) in [5.41, 5.74) is 2.69. The molecule has 2 aromatic heterocycles. The maximum Gasteiger partial charge on any atom is 0.257 e. The highest BCUT2D eigenvalue weighted by Crippen LogP contribution is 2.21. The van der Waals surface area contributed by atoms with Crippen LogP contribution in [0.2, 0.25) is 0 Å². The van der Waals surface area contributed by atoms with Crippen LogP contribution in [0.4, 0.5) is 0 Å². The van der Waals surface area contributed by atoms with Crippen LogP contribution in [0.5, 0.6) is 0 Å². The lowest BCUT2D eigenvalue weighted by molar-refractivity contribution is 0.0756. The van der Waals surface area contributed by atoms with Gasteiger partial charge in [0.2, 0.25) is 0 Å². The zero-order chi connectivity index (χ0) is 15.5. The van der Waals surface area contributed by atoms with Crippen molar-refractivity contribution in [3.63, 3.8) is 0 Å². The zero-order valence-corrected chi connectivity index (χ0v) is 13.3. The number of rotatable bonds is 5. The van der Waals surface area contributed by atoms with Gasteiger partial charge >= 0.3 is 0 Å². The number of fused-ring (bicyclic) bond motifs is 1. The minimum atomic E-state index is 0.0804. The van der Waals surface area contributed by atoms with Crippen molar-refractivity contribution in [2.45, 2.75) is 26.7 Å². The molecule has 0 saturated carbocycles. The molecule has 0 aliphatic carbocycles. The summed E-state index contributed by atoms with van der Waals surface area (Å²) in [7, 11) is 0. The van der Waals surface area contributed by atoms with Crippen molar-refractivity contribution in [2.24, 2.45) is 5.92 Å². The molecule has 1 atom stereocenters. The molecule has 1 fully saturated rings. The number of carbonyl (C=O) groups is 1. The van der Waals surface area contributed by atoms with Gasteiger partial charge in [0.05, 0.1) is 23.9 Å². The van der Waals surface area contributed by atoms with Gasteiger partial charge in [0.25, 0.3) is 5.91 Å². The Morgan fingerprint density at radius 3 is 3.14 bits per heavy atom. The van der Waals surface area contributed by atoms with E-state index < -0.39 is 0 Å². The largest absolute Gasteiger partial charge is 0.381 e. The third-order valence-electron chi connectivity index (χ3n) is 4.17. The number of aryl methyl sites for hydroxylation is 1. The van der Waals surface area contributed by atoms with Crippen molar-refractivity contribution in [3.05, 3.63) is 35.7 Å². The fraction of sp³-hybridized carbons (Fsp3) is 0.529. The SMILES string of the molecule is CCCOCC1CCN(C(=O)c2cnn3cc(C)ccc23)C1. The monoisotopic (exact) mass is 301 g/mol. The minimum absolute atomic E-state index is 0.0804. The summed E-state index contributed by atoms with van der Waals surface area (Å²) in [6.07, 6.45) is 5.68. The van der Waals surface area contributed by atoms with Gasteiger partial charge in [-0.05, 0) is 31.4 Å². The molecule has 5 nitrogen and oxygen atoms in total. The van der Waals surface area contributed by atoms with E-state index in [1.54, 1.807) is 10.7 Å². The second-order valence-electron chi connectivity index (χ2n) is 6.08. The Morgan fingerprint density at radius 2 is 2.32 bits per heavy atom. The van der Waals surface area contributed by atoms with Crippen molar-refractivity contribution in [1.29, 1.82) is 0 Å². The summed E-state index contributed by atoms with van der Waals surface area (Å²) in [5.74, 6) is 0.538. The average Bonchev–Trinajstić information content (AvgIpc) is 3.13. The number of amides is 1. The smallest absolute Gasteiger partial charge is 0.257 e. The molecule has 1 unspecified atom stereocenters. The highest BCUT2D eigenvalue weighted by Gasteiger charge is 2.28. The van der Waals surface area contributed by atoms with Gasteiger partial charge in [-0.25, -0.2) is 4.52 Å². The molecule has 0 radical (unpaired) electrons. The number of hydrogen-bond donors (Lipinski definition) is 0. The lowest BCUT2D eigenvalue weighted by atomic mass is 10.1. The number of nitrogens with zero attached hydrogens (tertiary/aromatic N) is 3. The van der Waals surface area contributed by atoms with E-state index in [4.69, 9.17) is 4.74 Å². The van der Waals surface area contributed by atoms with Crippen molar-refractivity contribution in [1.82, 2.24) is 14.5 Å². The first-order chi connectivity index (χ1) is 10.7. The van der Waals surface area contributed by atoms with E-state index in [0.717, 1.165) is 50.2 Å². The maximum atomic E-state index is 12.7. The molecular formula is C17H23N3O2. The van der Waals surface area contributed by atoms with Gasteiger partial charge in [0, 0.05) is 31.8 Å². The van der Waals surface area contributed by atoms with Gasteiger partial charge in [0.1, 0.15) is 0 Å². The second-order valence-corrected chi connectivity index (χ2v) is 6.08. The molecule has 0 spiro atoms. The Kier molecular flexibility index (Phi) is 4.43. The number of pyridine rings is 1. The molecule has 1 aliphatic rings. The predicted molar refractivity (Wildman–Crippen MR) is 85.0 cm³/mol. The molecule has 22 heavy (non-hydrogen) atoms. The summed E-state index contributed by atoms with van der Waals surface area (Å²) in [6, 6.07) is 3.98. The highest BCUT2D eigenvalue weighted by molar-refractivity contribution is 6.00. The number of aromatic nitrogens is 2. The fourth-order valence-electron chi connectivity index (χ4n) is 2.97. The topological polar surface area (TPSA) is 46.8 Å². The first kappa shape index (κ1) is 15.0. The van der Waals surface area contributed by atoms with Gasteiger partial charge in [-0.15, -0.1) is 0 Å². The van der Waals surface area contributed by atoms with Crippen molar-refractivity contribution in [2.75, 3.05) is 26.3 Å². The van der Waals surface area contributed by atoms with E-state index in [9.17, 15) is 4.79 Å². The van der Waals surface area contributed by atoms with Crippen LogP contribution < -0.4 is 0 Å². The standard InChI is InChI=1S/C17H23N3O2/c1-3-8-22-12-14-6-7-19(11-14)17(21)15-9-18-20-10-13(2)4-5-16(15)20/h4-5,9-10,14H,3,6-8,11-12H2,1-2H3. The molecule has 1 aliphatic heterocycles. The van der Waals surface area contributed by atoms with Crippen LogP contribution in [0.1, 0.15) is 35.7 Å². The van der Waals surface area contributed by atoms with Gasteiger partial charge in [-0.3, -0.25) is 4.79 Å². The van der Waals surface area contributed by atoms with E-state index >= 15 is 0 Å². The summed E-state index contributed by atoms with van der Waals surface area (Å²) < 4.78 is 7.39. The number of ether oxygens (including phenoxy) is 1. The minimum Gasteiger partial charge on any atom is -0.381 e. The summed E-state index contributed by atoms with van der Waals surface area (Å²) in [6.45, 7) is 7.28. The summed E-state index contributed by atoms with van der Waals surface area (Å²) in [4.78, 5) is 14.6. The van der Waals surface area contributed by atoms with Crippen molar-refractivity contribution < 1.29 is 9.53 Å². The molecule has 1 amide bonds. The molecule has 3 heterocycles. The van der Waals surface area contributed by atoms with Gasteiger partial charge in [-0.2, -0.15) is 5.10 Å². The van der Waals surface area contributed by atoms with Crippen LogP contribution in [0.15, 0.2) is 24.5 Å². The van der Waals surface area contributed by atoms with Crippen LogP contribution in [0, 0.1) is 12.8 Å². The van der Waals surface area contributed by atoms with E-state index in [1.807, 2.05) is 30.2 Å². The van der Waals surface area contributed by atoms with Gasteiger partial charge in [-0.1, -0.05) is 13.0 Å². The third-order valence-corrected chi connectivity index (χ3v) is 4.17. The first-order valence-electron chi connectivity index (χ1n) is 8.00. The van der Waals surface area contributed by atoms with Crippen LogP contribution in [-0.2, 0) is 4.74 Å². The van der Waals surface area contributed by atoms with Crippen LogP contribution >= 0.6 is 0 Å². The summed E-state index contributed by atoms with van der Waals surface area (Å²) in [5, 5.41) is 4.30. The van der Waals surface area contributed by atoms with Gasteiger partial charge in [0.15, 0.2) is 0 Å². The lowest BCUT2D eigenvalue weighted by Gasteiger charge is -2.16. The highest BCUT2D eigenvalue weighted by atomic mass is 16.5. The Hall–Kier alpha value is -1.88. The quantitative estimate of drug-likeness (QED) is 0.797. The number of carbonyl (C=O) groups excluding carboxylic acids is 1. The van der Waals surface area contributed by atoms with Crippen LogP contribution in [0.3, 0.4) is 0 Å². The van der Waals surface area contributed by atoms with Crippen molar-refractivity contribution >= 4 is 11.4 Å².